The van der Waals surface area contributed by atoms with Crippen LogP contribution in [0.25, 0.3) is 0 Å². The number of hydrogen-bond acceptors (Lipinski definition) is 4. The van der Waals surface area contributed by atoms with Crippen molar-refractivity contribution in [3.8, 4) is 0 Å². The second-order valence-corrected chi connectivity index (χ2v) is 9.30. The largest absolute Gasteiger partial charge is 0.382 e. The van der Waals surface area contributed by atoms with E-state index in [1.165, 1.54) is 17.1 Å². The van der Waals surface area contributed by atoms with Gasteiger partial charge in [0, 0.05) is 36.2 Å². The Labute approximate surface area is 168 Å². The minimum Gasteiger partial charge on any atom is -0.382 e. The second kappa shape index (κ2) is 9.18. The topological polar surface area (TPSA) is 29.5 Å². The van der Waals surface area contributed by atoms with E-state index in [0.717, 1.165) is 5.56 Å². The van der Waals surface area contributed by atoms with Crippen LogP contribution in [0.5, 0.6) is 0 Å². The summed E-state index contributed by atoms with van der Waals surface area (Å²) in [6, 6.07) is 15.4. The van der Waals surface area contributed by atoms with Gasteiger partial charge in [-0.25, -0.2) is 0 Å². The Morgan fingerprint density at radius 1 is 1.15 bits per heavy atom. The molecule has 3 nitrogen and oxygen atoms in total. The number of carbonyl (C=O) groups is 1. The van der Waals surface area contributed by atoms with E-state index >= 15 is 0 Å². The molecule has 1 aliphatic rings. The first-order chi connectivity index (χ1) is 12.6. The highest BCUT2D eigenvalue weighted by molar-refractivity contribution is 8.19. The fourth-order valence-electron chi connectivity index (χ4n) is 2.95. The van der Waals surface area contributed by atoms with Crippen molar-refractivity contribution in [2.24, 2.45) is 0 Å². The summed E-state index contributed by atoms with van der Waals surface area (Å²) in [5.74, 6) is 2.37. The van der Waals surface area contributed by atoms with Gasteiger partial charge in [-0.2, -0.15) is 0 Å². The number of thioether (sulfide) groups is 2. The Hall–Kier alpha value is -1.14. The van der Waals surface area contributed by atoms with Gasteiger partial charge in [0.1, 0.15) is 0 Å². The maximum Gasteiger partial charge on any atom is 0.254 e. The first-order valence-corrected chi connectivity index (χ1v) is 10.9. The molecule has 0 N–H and O–H groups in total. The maximum absolute atomic E-state index is 13.0. The molecule has 1 heterocycles. The van der Waals surface area contributed by atoms with Gasteiger partial charge in [0.05, 0.1) is 17.2 Å². The van der Waals surface area contributed by atoms with Gasteiger partial charge in [-0.3, -0.25) is 4.79 Å². The van der Waals surface area contributed by atoms with Crippen molar-refractivity contribution >= 4 is 41.0 Å². The highest BCUT2D eigenvalue weighted by Crippen LogP contribution is 2.45. The van der Waals surface area contributed by atoms with Gasteiger partial charge < -0.3 is 9.64 Å². The first-order valence-electron chi connectivity index (χ1n) is 8.45. The van der Waals surface area contributed by atoms with Gasteiger partial charge in [0.25, 0.3) is 5.91 Å². The lowest BCUT2D eigenvalue weighted by molar-refractivity contribution is 0.0602. The van der Waals surface area contributed by atoms with Gasteiger partial charge in [0.15, 0.2) is 0 Å². The molecule has 0 spiro atoms. The molecule has 0 aromatic heterocycles. The molecule has 138 valence electrons. The molecule has 1 saturated heterocycles. The fraction of sp³-hybridized carbons (Fsp3) is 0.350. The van der Waals surface area contributed by atoms with Crippen LogP contribution in [0.1, 0.15) is 32.1 Å². The molecule has 6 heteroatoms. The van der Waals surface area contributed by atoms with Gasteiger partial charge >= 0.3 is 0 Å². The van der Waals surface area contributed by atoms with Crippen LogP contribution in [0, 0.1) is 0 Å². The smallest absolute Gasteiger partial charge is 0.254 e. The predicted octanol–water partition coefficient (Wildman–Crippen LogP) is 5.28. The lowest BCUT2D eigenvalue weighted by atomic mass is 10.0. The monoisotopic (exact) mass is 407 g/mol. The maximum atomic E-state index is 13.0. The quantitative estimate of drug-likeness (QED) is 0.651. The van der Waals surface area contributed by atoms with E-state index in [4.69, 9.17) is 16.3 Å². The second-order valence-electron chi connectivity index (χ2n) is 6.13. The van der Waals surface area contributed by atoms with E-state index in [2.05, 4.69) is 12.1 Å². The minimum atomic E-state index is -0.162. The molecule has 3 rings (SSSR count). The molecule has 26 heavy (non-hydrogen) atoms. The summed E-state index contributed by atoms with van der Waals surface area (Å²) in [7, 11) is 3.46. The summed E-state index contributed by atoms with van der Waals surface area (Å²) < 4.78 is 5.84. The third kappa shape index (κ3) is 4.58. The molecule has 1 aliphatic heterocycles. The van der Waals surface area contributed by atoms with Crippen molar-refractivity contribution in [3.05, 3.63) is 70.2 Å². The van der Waals surface area contributed by atoms with Crippen molar-refractivity contribution in [1.82, 2.24) is 4.90 Å². The normalized spacial score (nSPS) is 15.8. The summed E-state index contributed by atoms with van der Waals surface area (Å²) in [6.45, 7) is 0.428. The van der Waals surface area contributed by atoms with Gasteiger partial charge in [-0.05, 0) is 35.4 Å². The Bertz CT molecular complexity index is 730. The van der Waals surface area contributed by atoms with Crippen molar-refractivity contribution in [2.45, 2.75) is 10.6 Å². The minimum absolute atomic E-state index is 0.0136. The lowest BCUT2D eigenvalue weighted by Crippen LogP contribution is -2.33. The number of ether oxygens (including phenoxy) is 1. The van der Waals surface area contributed by atoms with Crippen LogP contribution >= 0.6 is 35.1 Å². The van der Waals surface area contributed by atoms with Crippen LogP contribution in [0.2, 0.25) is 5.02 Å². The molecule has 0 saturated carbocycles. The average molecular weight is 408 g/mol. The third-order valence-corrected chi connectivity index (χ3v) is 7.78. The van der Waals surface area contributed by atoms with E-state index in [-0.39, 0.29) is 11.9 Å². The van der Waals surface area contributed by atoms with Crippen LogP contribution in [0.4, 0.5) is 0 Å². The van der Waals surface area contributed by atoms with Gasteiger partial charge in [-0.15, -0.1) is 23.5 Å². The number of halogens is 1. The molecule has 0 aliphatic carbocycles. The number of rotatable bonds is 6. The fourth-order valence-corrected chi connectivity index (χ4v) is 5.94. The summed E-state index contributed by atoms with van der Waals surface area (Å²) in [6.07, 6.45) is 0. The standard InChI is InChI=1S/C20H22ClNO2S2/c1-22(18(13-24-2)14-7-9-17(21)10-8-14)19(23)15-3-5-16(6-4-15)20-25-11-12-26-20/h3-10,18,20H,11-13H2,1-2H3/t18-/m0/s1. The summed E-state index contributed by atoms with van der Waals surface area (Å²) in [5, 5.41) is 0.678. The van der Waals surface area contributed by atoms with Crippen LogP contribution in [0.15, 0.2) is 48.5 Å². The highest BCUT2D eigenvalue weighted by atomic mass is 35.5. The zero-order chi connectivity index (χ0) is 18.5. The molecule has 0 unspecified atom stereocenters. The average Bonchev–Trinajstić information content (AvgIpc) is 3.21. The van der Waals surface area contributed by atoms with Crippen LogP contribution in [0.3, 0.4) is 0 Å². The Balaban J connectivity index is 1.76. The molecule has 0 bridgehead atoms. The van der Waals surface area contributed by atoms with E-state index in [1.54, 1.807) is 12.0 Å². The SMILES string of the molecule is COC[C@@H](c1ccc(Cl)cc1)N(C)C(=O)c1ccc(C2SCCS2)cc1. The summed E-state index contributed by atoms with van der Waals surface area (Å²) in [5.41, 5.74) is 2.98. The molecule has 2 aromatic carbocycles. The van der Waals surface area contributed by atoms with E-state index in [9.17, 15) is 4.79 Å². The number of likely N-dealkylation sites (N-methyl/N-ethyl adjacent to an activating group) is 1. The Kier molecular flexibility index (Phi) is 6.92. The molecular formula is C20H22ClNO2S2. The molecule has 2 aromatic rings. The molecule has 1 atom stereocenters. The number of carbonyl (C=O) groups excluding carboxylic acids is 1. The van der Waals surface area contributed by atoms with Gasteiger partial charge in [-0.1, -0.05) is 35.9 Å². The van der Waals surface area contributed by atoms with E-state index < -0.39 is 0 Å². The number of amides is 1. The van der Waals surface area contributed by atoms with Crippen LogP contribution < -0.4 is 0 Å². The number of hydrogen-bond donors (Lipinski definition) is 0. The zero-order valence-corrected chi connectivity index (χ0v) is 17.2. The van der Waals surface area contributed by atoms with Crippen molar-refractivity contribution < 1.29 is 9.53 Å². The number of nitrogens with zero attached hydrogens (tertiary/aromatic N) is 1. The summed E-state index contributed by atoms with van der Waals surface area (Å²) in [4.78, 5) is 14.7. The van der Waals surface area contributed by atoms with E-state index in [0.29, 0.717) is 21.8 Å². The number of benzene rings is 2. The zero-order valence-electron chi connectivity index (χ0n) is 14.9. The molecule has 1 fully saturated rings. The highest BCUT2D eigenvalue weighted by Gasteiger charge is 2.24. The van der Waals surface area contributed by atoms with Gasteiger partial charge in [0.2, 0.25) is 0 Å². The number of methoxy groups -OCH3 is 1. The summed E-state index contributed by atoms with van der Waals surface area (Å²) >= 11 is 9.92. The first kappa shape index (κ1) is 19.6. The molecule has 0 radical (unpaired) electrons. The van der Waals surface area contributed by atoms with Crippen molar-refractivity contribution in [1.29, 1.82) is 0 Å². The molecular weight excluding hydrogens is 386 g/mol. The van der Waals surface area contributed by atoms with Crippen LogP contribution in [-0.2, 0) is 4.74 Å². The molecule has 1 amide bonds. The van der Waals surface area contributed by atoms with E-state index in [1.807, 2.05) is 67.0 Å². The van der Waals surface area contributed by atoms with Crippen molar-refractivity contribution in [2.75, 3.05) is 32.3 Å². The van der Waals surface area contributed by atoms with Crippen molar-refractivity contribution in [3.63, 3.8) is 0 Å². The predicted molar refractivity (Wildman–Crippen MR) is 112 cm³/mol. The Morgan fingerprint density at radius 2 is 1.77 bits per heavy atom. The van der Waals surface area contributed by atoms with Crippen LogP contribution in [-0.4, -0.2) is 43.1 Å². The lowest BCUT2D eigenvalue weighted by Gasteiger charge is -2.28. The Morgan fingerprint density at radius 3 is 2.35 bits per heavy atom. The third-order valence-electron chi connectivity index (χ3n) is 4.42.